The largest absolute Gasteiger partial charge is 0.370 e. The highest BCUT2D eigenvalue weighted by Gasteiger charge is 2.16. The van der Waals surface area contributed by atoms with Crippen molar-refractivity contribution in [3.8, 4) is 0 Å². The van der Waals surface area contributed by atoms with E-state index in [1.807, 2.05) is 12.1 Å². The van der Waals surface area contributed by atoms with Gasteiger partial charge in [-0.1, -0.05) is 42.5 Å². The van der Waals surface area contributed by atoms with Gasteiger partial charge >= 0.3 is 0 Å². The van der Waals surface area contributed by atoms with Crippen LogP contribution in [0.15, 0.2) is 48.5 Å². The Balaban J connectivity index is 1.51. The Morgan fingerprint density at radius 1 is 1.00 bits per heavy atom. The lowest BCUT2D eigenvalue weighted by molar-refractivity contribution is -0.921. The maximum absolute atomic E-state index is 13.6. The van der Waals surface area contributed by atoms with Crippen LogP contribution in [0.1, 0.15) is 23.1 Å². The number of benzene rings is 2. The van der Waals surface area contributed by atoms with Gasteiger partial charge in [-0.05, 0) is 23.6 Å². The number of hydrogen-bond acceptors (Lipinski definition) is 2. The first-order valence-corrected chi connectivity index (χ1v) is 9.20. The Morgan fingerprint density at radius 3 is 2.38 bits per heavy atom. The molecular weight excluding hydrogens is 331 g/mol. The van der Waals surface area contributed by atoms with Crippen LogP contribution in [0, 0.1) is 5.82 Å². The first-order chi connectivity index (χ1) is 12.7. The smallest absolute Gasteiger partial charge is 0.220 e. The standard InChI is InChI=1S/C21H25FN2O2/c22-20-8-4-3-5-17(20)9-10-21(25)23-15-18-6-1-2-7-19(18)16-24-11-13-26-14-12-24/h1-8H,9-16H2,(H,23,25)/p+1. The van der Waals surface area contributed by atoms with E-state index in [1.54, 1.807) is 18.2 Å². The average molecular weight is 357 g/mol. The Hall–Kier alpha value is -2.24. The van der Waals surface area contributed by atoms with Gasteiger partial charge in [0.1, 0.15) is 25.5 Å². The summed E-state index contributed by atoms with van der Waals surface area (Å²) in [4.78, 5) is 13.7. The molecule has 26 heavy (non-hydrogen) atoms. The molecule has 0 atom stereocenters. The van der Waals surface area contributed by atoms with E-state index in [0.29, 0.717) is 18.5 Å². The summed E-state index contributed by atoms with van der Waals surface area (Å²) in [6, 6.07) is 14.8. The lowest BCUT2D eigenvalue weighted by Crippen LogP contribution is -3.12. The van der Waals surface area contributed by atoms with Gasteiger partial charge in [0.05, 0.1) is 13.2 Å². The number of halogens is 1. The molecule has 2 aromatic rings. The number of hydrogen-bond donors (Lipinski definition) is 2. The molecule has 1 amide bonds. The summed E-state index contributed by atoms with van der Waals surface area (Å²) < 4.78 is 19.0. The van der Waals surface area contributed by atoms with Gasteiger partial charge in [0.2, 0.25) is 5.91 Å². The topological polar surface area (TPSA) is 42.8 Å². The van der Waals surface area contributed by atoms with Crippen LogP contribution in [-0.2, 0) is 29.0 Å². The molecule has 0 unspecified atom stereocenters. The van der Waals surface area contributed by atoms with E-state index in [9.17, 15) is 9.18 Å². The fraction of sp³-hybridized carbons (Fsp3) is 0.381. The number of carbonyl (C=O) groups is 1. The number of carbonyl (C=O) groups excluding carboxylic acids is 1. The Kier molecular flexibility index (Phi) is 6.75. The molecule has 5 heteroatoms. The maximum atomic E-state index is 13.6. The summed E-state index contributed by atoms with van der Waals surface area (Å²) >= 11 is 0. The van der Waals surface area contributed by atoms with Crippen LogP contribution in [0.3, 0.4) is 0 Å². The summed E-state index contributed by atoms with van der Waals surface area (Å²) in [6.07, 6.45) is 0.704. The van der Waals surface area contributed by atoms with Crippen molar-refractivity contribution in [3.63, 3.8) is 0 Å². The van der Waals surface area contributed by atoms with Crippen LogP contribution < -0.4 is 10.2 Å². The SMILES string of the molecule is O=C(CCc1ccccc1F)NCc1ccccc1C[NH+]1CCOCC1. The molecule has 0 aliphatic carbocycles. The third-order valence-corrected chi connectivity index (χ3v) is 4.81. The molecule has 0 bridgehead atoms. The second-order valence-electron chi connectivity index (χ2n) is 6.68. The fourth-order valence-electron chi connectivity index (χ4n) is 3.24. The van der Waals surface area contributed by atoms with Crippen molar-refractivity contribution in [2.24, 2.45) is 0 Å². The van der Waals surface area contributed by atoms with E-state index in [-0.39, 0.29) is 18.1 Å². The minimum Gasteiger partial charge on any atom is -0.370 e. The van der Waals surface area contributed by atoms with E-state index < -0.39 is 0 Å². The molecular formula is C21H26FN2O2+. The fourth-order valence-corrected chi connectivity index (χ4v) is 3.24. The highest BCUT2D eigenvalue weighted by molar-refractivity contribution is 5.76. The van der Waals surface area contributed by atoms with Crippen molar-refractivity contribution in [1.29, 1.82) is 0 Å². The van der Waals surface area contributed by atoms with Gasteiger partial charge in [0, 0.05) is 18.5 Å². The van der Waals surface area contributed by atoms with Gasteiger partial charge in [-0.2, -0.15) is 0 Å². The first-order valence-electron chi connectivity index (χ1n) is 9.20. The summed E-state index contributed by atoms with van der Waals surface area (Å²) in [6.45, 7) is 5.11. The number of aryl methyl sites for hydroxylation is 1. The number of rotatable bonds is 7. The molecule has 1 fully saturated rings. The molecule has 138 valence electrons. The van der Waals surface area contributed by atoms with Crippen LogP contribution in [0.4, 0.5) is 4.39 Å². The van der Waals surface area contributed by atoms with Crippen LogP contribution in [-0.4, -0.2) is 32.2 Å². The summed E-state index contributed by atoms with van der Waals surface area (Å²) in [7, 11) is 0. The van der Waals surface area contributed by atoms with Crippen molar-refractivity contribution < 1.29 is 18.8 Å². The average Bonchev–Trinajstić information content (AvgIpc) is 2.67. The third-order valence-electron chi connectivity index (χ3n) is 4.81. The third kappa shape index (κ3) is 5.38. The molecule has 1 aliphatic rings. The van der Waals surface area contributed by atoms with E-state index in [0.717, 1.165) is 38.4 Å². The monoisotopic (exact) mass is 357 g/mol. The van der Waals surface area contributed by atoms with Crippen molar-refractivity contribution in [1.82, 2.24) is 5.32 Å². The van der Waals surface area contributed by atoms with Gasteiger partial charge in [0.25, 0.3) is 0 Å². The first kappa shape index (κ1) is 18.5. The van der Waals surface area contributed by atoms with Gasteiger partial charge in [-0.15, -0.1) is 0 Å². The van der Waals surface area contributed by atoms with Crippen molar-refractivity contribution in [2.45, 2.75) is 25.9 Å². The van der Waals surface area contributed by atoms with Gasteiger partial charge in [-0.25, -0.2) is 4.39 Å². The van der Waals surface area contributed by atoms with Crippen LogP contribution >= 0.6 is 0 Å². The number of amides is 1. The van der Waals surface area contributed by atoms with Crippen LogP contribution in [0.5, 0.6) is 0 Å². The summed E-state index contributed by atoms with van der Waals surface area (Å²) in [5.74, 6) is -0.305. The second-order valence-corrected chi connectivity index (χ2v) is 6.68. The van der Waals surface area contributed by atoms with E-state index >= 15 is 0 Å². The molecule has 1 aliphatic heterocycles. The minimum atomic E-state index is -0.251. The maximum Gasteiger partial charge on any atom is 0.220 e. The Bertz CT molecular complexity index is 729. The zero-order chi connectivity index (χ0) is 18.2. The van der Waals surface area contributed by atoms with Gasteiger partial charge < -0.3 is 15.0 Å². The molecule has 0 spiro atoms. The van der Waals surface area contributed by atoms with Crippen LogP contribution in [0.2, 0.25) is 0 Å². The molecule has 2 N–H and O–H groups in total. The predicted octanol–water partition coefficient (Wildman–Crippen LogP) is 1.49. The lowest BCUT2D eigenvalue weighted by atomic mass is 10.1. The number of quaternary nitrogens is 1. The van der Waals surface area contributed by atoms with E-state index in [2.05, 4.69) is 17.4 Å². The summed E-state index contributed by atoms with van der Waals surface area (Å²) in [5, 5.41) is 2.97. The molecule has 0 saturated carbocycles. The van der Waals surface area contributed by atoms with E-state index in [1.165, 1.54) is 16.5 Å². The quantitative estimate of drug-likeness (QED) is 0.789. The van der Waals surface area contributed by atoms with Crippen molar-refractivity contribution in [2.75, 3.05) is 26.3 Å². The predicted molar refractivity (Wildman–Crippen MR) is 98.2 cm³/mol. The lowest BCUT2D eigenvalue weighted by Gasteiger charge is -2.24. The summed E-state index contributed by atoms with van der Waals surface area (Å²) in [5.41, 5.74) is 2.99. The molecule has 0 radical (unpaired) electrons. The number of morpholine rings is 1. The van der Waals surface area contributed by atoms with Crippen LogP contribution in [0.25, 0.3) is 0 Å². The highest BCUT2D eigenvalue weighted by atomic mass is 19.1. The highest BCUT2D eigenvalue weighted by Crippen LogP contribution is 2.10. The van der Waals surface area contributed by atoms with Gasteiger partial charge in [-0.3, -0.25) is 4.79 Å². The van der Waals surface area contributed by atoms with Crippen molar-refractivity contribution >= 4 is 5.91 Å². The second kappa shape index (κ2) is 9.46. The normalized spacial score (nSPS) is 15.0. The minimum absolute atomic E-state index is 0.0539. The Labute approximate surface area is 154 Å². The van der Waals surface area contributed by atoms with Gasteiger partial charge in [0.15, 0.2) is 0 Å². The number of nitrogens with one attached hydrogen (secondary N) is 2. The zero-order valence-corrected chi connectivity index (χ0v) is 15.0. The van der Waals surface area contributed by atoms with Crippen molar-refractivity contribution in [3.05, 3.63) is 71.0 Å². The molecule has 0 aromatic heterocycles. The molecule has 2 aromatic carbocycles. The molecule has 3 rings (SSSR count). The molecule has 1 saturated heterocycles. The van der Waals surface area contributed by atoms with E-state index in [4.69, 9.17) is 4.74 Å². The molecule has 1 heterocycles. The molecule has 4 nitrogen and oxygen atoms in total. The zero-order valence-electron chi connectivity index (χ0n) is 15.0. The number of ether oxygens (including phenoxy) is 1. The Morgan fingerprint density at radius 2 is 1.65 bits per heavy atom.